The quantitative estimate of drug-likeness (QED) is 0.0555. The largest absolute Gasteiger partial charge is 0.481 e. The Morgan fingerprint density at radius 1 is 1.00 bits per heavy atom. The molecule has 7 aliphatic carbocycles. The topological polar surface area (TPSA) is 204 Å². The smallest absolute Gasteiger partial charge is 0.335 e. The fourth-order valence-corrected chi connectivity index (χ4v) is 17.4. The van der Waals surface area contributed by atoms with E-state index in [9.17, 15) is 39.9 Å². The summed E-state index contributed by atoms with van der Waals surface area (Å²) in [5.74, 6) is -1.42. The van der Waals surface area contributed by atoms with Gasteiger partial charge >= 0.3 is 11.9 Å². The molecule has 18 atom stereocenters. The molecule has 0 amide bonds. The number of carbonyl (C=O) groups excluding carboxylic acids is 1. The second-order valence-corrected chi connectivity index (χ2v) is 22.4. The van der Waals surface area contributed by atoms with Crippen LogP contribution in [-0.2, 0) is 28.6 Å². The van der Waals surface area contributed by atoms with Crippen molar-refractivity contribution in [3.8, 4) is 0 Å². The molecule has 0 aromatic carbocycles. The molecule has 5 saturated carbocycles. The second-order valence-electron chi connectivity index (χ2n) is 22.4. The van der Waals surface area contributed by atoms with Crippen LogP contribution in [0.2, 0.25) is 0 Å². The zero-order valence-corrected chi connectivity index (χ0v) is 37.5. The van der Waals surface area contributed by atoms with Crippen molar-refractivity contribution in [1.29, 1.82) is 0 Å². The number of carboxylic acids is 2. The first-order valence-electron chi connectivity index (χ1n) is 23.3. The van der Waals surface area contributed by atoms with Gasteiger partial charge in [-0.05, 0) is 134 Å². The van der Waals surface area contributed by atoms with Crippen LogP contribution in [0.5, 0.6) is 0 Å². The number of carboxylic acid groups (broad SMARTS) is 2. The zero-order chi connectivity index (χ0) is 44.1. The van der Waals surface area contributed by atoms with Crippen LogP contribution in [0.3, 0.4) is 0 Å². The van der Waals surface area contributed by atoms with Crippen molar-refractivity contribution in [2.75, 3.05) is 40.4 Å². The summed E-state index contributed by atoms with van der Waals surface area (Å²) in [7, 11) is 3.64. The number of methoxy groups -OCH3 is 1. The van der Waals surface area contributed by atoms with E-state index in [2.05, 4.69) is 63.5 Å². The predicted octanol–water partition coefficient (Wildman–Crippen LogP) is 4.57. The Labute approximate surface area is 361 Å². The van der Waals surface area contributed by atoms with Gasteiger partial charge in [0.05, 0.1) is 18.1 Å². The van der Waals surface area contributed by atoms with Gasteiger partial charge in [-0.2, -0.15) is 0 Å². The maximum Gasteiger partial charge on any atom is 0.335 e. The van der Waals surface area contributed by atoms with Gasteiger partial charge in [0.2, 0.25) is 0 Å². The molecule has 1 heterocycles. The molecular formula is C48H74N2O11. The lowest BCUT2D eigenvalue weighted by molar-refractivity contribution is -0.336. The molecular weight excluding hydrogens is 781 g/mol. The van der Waals surface area contributed by atoms with Crippen molar-refractivity contribution in [3.05, 3.63) is 23.8 Å². The Kier molecular flexibility index (Phi) is 11.7. The van der Waals surface area contributed by atoms with E-state index >= 15 is 0 Å². The maximum absolute atomic E-state index is 14.2. The molecule has 7 N–H and O–H groups in total. The molecule has 0 aromatic heterocycles. The summed E-state index contributed by atoms with van der Waals surface area (Å²) in [6.45, 7) is 14.6. The van der Waals surface area contributed by atoms with E-state index in [1.165, 1.54) is 5.57 Å². The van der Waals surface area contributed by atoms with Crippen LogP contribution in [0.4, 0.5) is 0 Å². The van der Waals surface area contributed by atoms with E-state index in [-0.39, 0.29) is 51.8 Å². The molecule has 0 aromatic rings. The maximum atomic E-state index is 14.2. The van der Waals surface area contributed by atoms with Crippen molar-refractivity contribution < 1.29 is 54.1 Å². The van der Waals surface area contributed by atoms with Crippen molar-refractivity contribution in [1.82, 2.24) is 10.6 Å². The van der Waals surface area contributed by atoms with Crippen molar-refractivity contribution >= 4 is 18.2 Å². The van der Waals surface area contributed by atoms with Crippen molar-refractivity contribution in [2.24, 2.45) is 73.4 Å². The number of hydrogen-bond donors (Lipinski definition) is 7. The highest BCUT2D eigenvalue weighted by Crippen LogP contribution is 2.83. The van der Waals surface area contributed by atoms with Gasteiger partial charge in [0.25, 0.3) is 0 Å². The minimum Gasteiger partial charge on any atom is -0.481 e. The summed E-state index contributed by atoms with van der Waals surface area (Å²) < 4.78 is 18.4. The van der Waals surface area contributed by atoms with Gasteiger partial charge in [-0.25, -0.2) is 4.79 Å². The molecule has 18 unspecified atom stereocenters. The average molecular weight is 855 g/mol. The van der Waals surface area contributed by atoms with E-state index < -0.39 is 70.4 Å². The Hall–Kier alpha value is -2.23. The third kappa shape index (κ3) is 6.23. The molecule has 1 spiro atoms. The number of fused-ring (bicyclic) bond motifs is 3. The number of carbonyl (C=O) groups is 3. The van der Waals surface area contributed by atoms with Crippen LogP contribution in [0.1, 0.15) is 105 Å². The molecule has 1 aliphatic heterocycles. The highest BCUT2D eigenvalue weighted by atomic mass is 16.7. The number of ether oxygens (including phenoxy) is 3. The molecule has 8 aliphatic rings. The molecule has 13 nitrogen and oxygen atoms in total. The summed E-state index contributed by atoms with van der Waals surface area (Å²) in [5.41, 5.74) is -1.88. The normalized spacial score (nSPS) is 50.4. The Balaban J connectivity index is 1.28. The number of aldehydes is 1. The summed E-state index contributed by atoms with van der Waals surface area (Å²) in [6.07, 6.45) is 7.54. The third-order valence-corrected chi connectivity index (χ3v) is 19.5. The standard InChI is InChI=1S/C48H74N2O11/c1-42(2)31-10-14-44(4)38-27(21-32-46(44,13-9-19-51)15-16-48(41(57)58)29(25-59-7)23-43(3)11-8-12-47(32,48)26-43)20-28(24-50-18-17-49-6)30(45(31,38)5)22-33(42)60-40-36(54)34(52)35(53)37(61-40)39(55)56/h8,12,19,21,27-31,33-38,40,49-50,52-54H,9-11,13-18,20,22-26H2,1-7H3,(H,55,56)(H,57,58). The lowest BCUT2D eigenvalue weighted by Gasteiger charge is -2.78. The highest BCUT2D eigenvalue weighted by molar-refractivity contribution is 5.79. The number of aliphatic carboxylic acids is 2. The van der Waals surface area contributed by atoms with E-state index in [4.69, 9.17) is 14.2 Å². The Bertz CT molecular complexity index is 1790. The minimum absolute atomic E-state index is 0.0824. The van der Waals surface area contributed by atoms with Gasteiger partial charge in [0.1, 0.15) is 24.6 Å². The van der Waals surface area contributed by atoms with Crippen molar-refractivity contribution in [2.45, 2.75) is 142 Å². The van der Waals surface area contributed by atoms with E-state index in [0.717, 1.165) is 64.4 Å². The molecule has 1 saturated heterocycles. The minimum atomic E-state index is -1.80. The summed E-state index contributed by atoms with van der Waals surface area (Å²) >= 11 is 0. The number of allylic oxidation sites excluding steroid dienone is 4. The Morgan fingerprint density at radius 3 is 2.43 bits per heavy atom. The number of rotatable bonds is 14. The van der Waals surface area contributed by atoms with Gasteiger partial charge in [-0.1, -0.05) is 58.4 Å². The zero-order valence-electron chi connectivity index (χ0n) is 37.5. The van der Waals surface area contributed by atoms with Gasteiger partial charge in [-0.15, -0.1) is 0 Å². The molecule has 2 bridgehead atoms. The van der Waals surface area contributed by atoms with Crippen LogP contribution < -0.4 is 10.6 Å². The van der Waals surface area contributed by atoms with Gasteiger partial charge in [0, 0.05) is 38.0 Å². The van der Waals surface area contributed by atoms with Crippen LogP contribution in [0.25, 0.3) is 0 Å². The third-order valence-electron chi connectivity index (χ3n) is 19.5. The Morgan fingerprint density at radius 2 is 1.75 bits per heavy atom. The van der Waals surface area contributed by atoms with Gasteiger partial charge < -0.3 is 55.2 Å². The molecule has 61 heavy (non-hydrogen) atoms. The first kappa shape index (κ1) is 45.3. The number of likely N-dealkylation sites (N-methyl/N-ethyl adjacent to an activating group) is 1. The predicted molar refractivity (Wildman–Crippen MR) is 226 cm³/mol. The van der Waals surface area contributed by atoms with Crippen LogP contribution in [0.15, 0.2) is 23.8 Å². The molecule has 0 radical (unpaired) electrons. The number of aliphatic hydroxyl groups excluding tert-OH is 3. The molecule has 342 valence electrons. The lowest BCUT2D eigenvalue weighted by atomic mass is 9.25. The first-order chi connectivity index (χ1) is 28.8. The highest BCUT2D eigenvalue weighted by Gasteiger charge is 2.79. The van der Waals surface area contributed by atoms with Gasteiger partial charge in [0.15, 0.2) is 12.4 Å². The van der Waals surface area contributed by atoms with E-state index in [1.807, 2.05) is 7.05 Å². The van der Waals surface area contributed by atoms with Crippen LogP contribution in [0, 0.1) is 73.4 Å². The fraction of sp³-hybridized carbons (Fsp3) is 0.854. The van der Waals surface area contributed by atoms with Gasteiger partial charge in [-0.3, -0.25) is 4.79 Å². The summed E-state index contributed by atoms with van der Waals surface area (Å²) in [4.78, 5) is 38.9. The van der Waals surface area contributed by atoms with E-state index in [0.29, 0.717) is 38.7 Å². The fourth-order valence-electron chi connectivity index (χ4n) is 17.4. The summed E-state index contributed by atoms with van der Waals surface area (Å²) in [5, 5.41) is 61.0. The second kappa shape index (κ2) is 15.7. The lowest BCUT2D eigenvalue weighted by Crippen LogP contribution is -2.74. The van der Waals surface area contributed by atoms with Crippen LogP contribution >= 0.6 is 0 Å². The van der Waals surface area contributed by atoms with E-state index in [1.54, 1.807) is 7.11 Å². The average Bonchev–Trinajstić information content (AvgIpc) is 3.19. The summed E-state index contributed by atoms with van der Waals surface area (Å²) in [6, 6.07) is 0. The first-order valence-corrected chi connectivity index (χ1v) is 23.3. The monoisotopic (exact) mass is 855 g/mol. The SMILES string of the molecule is CNCCNCC1CC2C=C3C45C=CCC(C)(CC(COC)C4(C(=O)O)CCC3(CCC=O)C3(C)CCC4C(C)(C)C(OC6OC(C(=O)O)C(O)C(O)C6O)CC1C4(C)C23)C5. The molecule has 13 heteroatoms. The molecule has 6 fully saturated rings. The number of aliphatic hydroxyl groups is 3. The van der Waals surface area contributed by atoms with Crippen LogP contribution in [-0.4, -0.2) is 121 Å². The van der Waals surface area contributed by atoms with Crippen molar-refractivity contribution in [3.63, 3.8) is 0 Å². The molecule has 8 rings (SSSR count). The number of nitrogens with one attached hydrogen (secondary N) is 2. The number of hydrogen-bond acceptors (Lipinski definition) is 11.